The monoisotopic (exact) mass is 200 g/mol. The standard InChI is InChI=1S/C10H20N2O2/c1-5-12(4)9(13)11-8-6-7-14-10(8,2)3/h8H,5-7H2,1-4H3,(H,11,13). The van der Waals surface area contributed by atoms with E-state index >= 15 is 0 Å². The number of carbonyl (C=O) groups is 1. The highest BCUT2D eigenvalue weighted by Gasteiger charge is 2.36. The second-order valence-corrected chi connectivity index (χ2v) is 4.26. The van der Waals surface area contributed by atoms with Gasteiger partial charge in [-0.15, -0.1) is 0 Å². The minimum atomic E-state index is -0.232. The SMILES string of the molecule is CCN(C)C(=O)NC1CCOC1(C)C. The number of hydrogen-bond donors (Lipinski definition) is 1. The average molecular weight is 200 g/mol. The van der Waals surface area contributed by atoms with Crippen LogP contribution in [0.3, 0.4) is 0 Å². The molecular weight excluding hydrogens is 180 g/mol. The molecule has 0 aromatic heterocycles. The van der Waals surface area contributed by atoms with E-state index in [2.05, 4.69) is 5.32 Å². The van der Waals surface area contributed by atoms with E-state index in [9.17, 15) is 4.79 Å². The molecule has 82 valence electrons. The molecule has 0 aliphatic carbocycles. The fourth-order valence-electron chi connectivity index (χ4n) is 1.54. The van der Waals surface area contributed by atoms with Crippen molar-refractivity contribution in [1.29, 1.82) is 0 Å². The smallest absolute Gasteiger partial charge is 0.317 e. The van der Waals surface area contributed by atoms with Crippen LogP contribution in [0, 0.1) is 0 Å². The van der Waals surface area contributed by atoms with E-state index in [0.29, 0.717) is 0 Å². The highest BCUT2D eigenvalue weighted by atomic mass is 16.5. The summed E-state index contributed by atoms with van der Waals surface area (Å²) >= 11 is 0. The molecule has 0 aromatic carbocycles. The molecule has 4 nitrogen and oxygen atoms in total. The van der Waals surface area contributed by atoms with Crippen molar-refractivity contribution in [3.05, 3.63) is 0 Å². The van der Waals surface area contributed by atoms with Gasteiger partial charge in [-0.05, 0) is 27.2 Å². The predicted octanol–water partition coefficient (Wildman–Crippen LogP) is 1.22. The fraction of sp³-hybridized carbons (Fsp3) is 0.900. The Morgan fingerprint density at radius 3 is 2.71 bits per heavy atom. The molecule has 0 aromatic rings. The maximum absolute atomic E-state index is 11.6. The quantitative estimate of drug-likeness (QED) is 0.728. The first-order chi connectivity index (χ1) is 6.47. The van der Waals surface area contributed by atoms with Crippen molar-refractivity contribution >= 4 is 6.03 Å². The van der Waals surface area contributed by atoms with Gasteiger partial charge in [-0.3, -0.25) is 0 Å². The zero-order valence-electron chi connectivity index (χ0n) is 9.46. The van der Waals surface area contributed by atoms with Gasteiger partial charge in [0, 0.05) is 20.2 Å². The molecule has 14 heavy (non-hydrogen) atoms. The number of nitrogens with one attached hydrogen (secondary N) is 1. The third kappa shape index (κ3) is 2.38. The van der Waals surface area contributed by atoms with Crippen molar-refractivity contribution in [2.24, 2.45) is 0 Å². The van der Waals surface area contributed by atoms with Gasteiger partial charge < -0.3 is 15.0 Å². The lowest BCUT2D eigenvalue weighted by atomic mass is 9.99. The van der Waals surface area contributed by atoms with Gasteiger partial charge in [0.2, 0.25) is 0 Å². The Balaban J connectivity index is 2.48. The first-order valence-electron chi connectivity index (χ1n) is 5.13. The molecule has 0 spiro atoms. The number of rotatable bonds is 2. The van der Waals surface area contributed by atoms with Crippen molar-refractivity contribution in [3.8, 4) is 0 Å². The summed E-state index contributed by atoms with van der Waals surface area (Å²) in [5, 5.41) is 2.98. The van der Waals surface area contributed by atoms with Crippen molar-refractivity contribution < 1.29 is 9.53 Å². The van der Waals surface area contributed by atoms with Crippen LogP contribution in [0.4, 0.5) is 4.79 Å². The van der Waals surface area contributed by atoms with Gasteiger partial charge in [0.25, 0.3) is 0 Å². The molecule has 2 amide bonds. The van der Waals surface area contributed by atoms with Crippen LogP contribution in [0.5, 0.6) is 0 Å². The van der Waals surface area contributed by atoms with E-state index in [1.807, 2.05) is 20.8 Å². The molecule has 1 heterocycles. The number of nitrogens with zero attached hydrogens (tertiary/aromatic N) is 1. The number of carbonyl (C=O) groups excluding carboxylic acids is 1. The summed E-state index contributed by atoms with van der Waals surface area (Å²) < 4.78 is 5.53. The Labute approximate surface area is 85.6 Å². The van der Waals surface area contributed by atoms with E-state index in [1.165, 1.54) is 0 Å². The van der Waals surface area contributed by atoms with Crippen LogP contribution < -0.4 is 5.32 Å². The molecule has 1 aliphatic rings. The van der Waals surface area contributed by atoms with Crippen LogP contribution in [0.1, 0.15) is 27.2 Å². The molecule has 1 fully saturated rings. The van der Waals surface area contributed by atoms with Gasteiger partial charge >= 0.3 is 6.03 Å². The van der Waals surface area contributed by atoms with Crippen LogP contribution in [-0.4, -0.2) is 42.8 Å². The number of ether oxygens (including phenoxy) is 1. The lowest BCUT2D eigenvalue weighted by Gasteiger charge is -2.28. The summed E-state index contributed by atoms with van der Waals surface area (Å²) in [7, 11) is 1.79. The summed E-state index contributed by atoms with van der Waals surface area (Å²) in [5.74, 6) is 0. The third-order valence-corrected chi connectivity index (χ3v) is 2.84. The van der Waals surface area contributed by atoms with Crippen molar-refractivity contribution in [3.63, 3.8) is 0 Å². The first kappa shape index (κ1) is 11.3. The molecule has 1 rings (SSSR count). The van der Waals surface area contributed by atoms with Crippen molar-refractivity contribution in [1.82, 2.24) is 10.2 Å². The maximum Gasteiger partial charge on any atom is 0.317 e. The third-order valence-electron chi connectivity index (χ3n) is 2.84. The molecule has 0 saturated carbocycles. The summed E-state index contributed by atoms with van der Waals surface area (Å²) in [4.78, 5) is 13.2. The van der Waals surface area contributed by atoms with E-state index in [4.69, 9.17) is 4.74 Å². The van der Waals surface area contributed by atoms with Gasteiger partial charge in [-0.25, -0.2) is 4.79 Å². The van der Waals surface area contributed by atoms with Gasteiger partial charge in [0.1, 0.15) is 0 Å². The Morgan fingerprint density at radius 1 is 1.64 bits per heavy atom. The van der Waals surface area contributed by atoms with E-state index in [1.54, 1.807) is 11.9 Å². The Morgan fingerprint density at radius 2 is 2.29 bits per heavy atom. The average Bonchev–Trinajstić information content (AvgIpc) is 2.44. The molecule has 1 N–H and O–H groups in total. The van der Waals surface area contributed by atoms with Gasteiger partial charge in [0.05, 0.1) is 11.6 Å². The molecule has 4 heteroatoms. The van der Waals surface area contributed by atoms with Gasteiger partial charge in [0.15, 0.2) is 0 Å². The van der Waals surface area contributed by atoms with E-state index in [-0.39, 0.29) is 17.7 Å². The lowest BCUT2D eigenvalue weighted by Crippen LogP contribution is -2.50. The summed E-state index contributed by atoms with van der Waals surface area (Å²) in [6.45, 7) is 7.43. The predicted molar refractivity (Wildman–Crippen MR) is 55.3 cm³/mol. The topological polar surface area (TPSA) is 41.6 Å². The summed E-state index contributed by atoms with van der Waals surface area (Å²) in [6.07, 6.45) is 0.899. The Bertz CT molecular complexity index is 216. The fourth-order valence-corrected chi connectivity index (χ4v) is 1.54. The molecule has 1 unspecified atom stereocenters. The van der Waals surface area contributed by atoms with Crippen LogP contribution in [0.15, 0.2) is 0 Å². The number of urea groups is 1. The first-order valence-corrected chi connectivity index (χ1v) is 5.13. The summed E-state index contributed by atoms with van der Waals surface area (Å²) in [6, 6.07) is 0.111. The van der Waals surface area contributed by atoms with Gasteiger partial charge in [-0.2, -0.15) is 0 Å². The van der Waals surface area contributed by atoms with Crippen LogP contribution in [-0.2, 0) is 4.74 Å². The Hall–Kier alpha value is -0.770. The number of amides is 2. The van der Waals surface area contributed by atoms with E-state index in [0.717, 1.165) is 19.6 Å². The van der Waals surface area contributed by atoms with Crippen LogP contribution in [0.2, 0.25) is 0 Å². The van der Waals surface area contributed by atoms with Crippen LogP contribution in [0.25, 0.3) is 0 Å². The second kappa shape index (κ2) is 4.17. The number of hydrogen-bond acceptors (Lipinski definition) is 2. The zero-order chi connectivity index (χ0) is 10.8. The van der Waals surface area contributed by atoms with Crippen molar-refractivity contribution in [2.75, 3.05) is 20.2 Å². The normalized spacial score (nSPS) is 24.7. The molecule has 1 aliphatic heterocycles. The maximum atomic E-state index is 11.6. The van der Waals surface area contributed by atoms with E-state index < -0.39 is 0 Å². The Kier molecular flexibility index (Phi) is 3.37. The zero-order valence-corrected chi connectivity index (χ0v) is 9.46. The molecular formula is C10H20N2O2. The highest BCUT2D eigenvalue weighted by Crippen LogP contribution is 2.24. The van der Waals surface area contributed by atoms with Crippen LogP contribution >= 0.6 is 0 Å². The minimum Gasteiger partial charge on any atom is -0.373 e. The molecule has 1 saturated heterocycles. The second-order valence-electron chi connectivity index (χ2n) is 4.26. The van der Waals surface area contributed by atoms with Crippen molar-refractivity contribution in [2.45, 2.75) is 38.8 Å². The van der Waals surface area contributed by atoms with Gasteiger partial charge in [-0.1, -0.05) is 0 Å². The highest BCUT2D eigenvalue weighted by molar-refractivity contribution is 5.74. The molecule has 1 atom stereocenters. The minimum absolute atomic E-state index is 0.0175. The molecule has 0 bridgehead atoms. The largest absolute Gasteiger partial charge is 0.373 e. The lowest BCUT2D eigenvalue weighted by molar-refractivity contribution is 0.0228. The molecule has 0 radical (unpaired) electrons. The summed E-state index contributed by atoms with van der Waals surface area (Å²) in [5.41, 5.74) is -0.232.